The van der Waals surface area contributed by atoms with Crippen LogP contribution in [-0.2, 0) is 25.5 Å². The molecule has 0 unspecified atom stereocenters. The molecule has 4 aromatic heterocycles. The molecule has 7 aromatic carbocycles. The number of aryl methyl sites for hydroxylation is 1. The van der Waals surface area contributed by atoms with Crippen LogP contribution in [0, 0.1) is 19.0 Å². The van der Waals surface area contributed by atoms with Gasteiger partial charge in [-0.2, -0.15) is 0 Å². The van der Waals surface area contributed by atoms with Gasteiger partial charge in [-0.3, -0.25) is 4.98 Å². The number of pyridine rings is 1. The maximum absolute atomic E-state index is 8.53. The largest absolute Gasteiger partial charge is 0.497 e. The van der Waals surface area contributed by atoms with Crippen LogP contribution >= 0.6 is 0 Å². The zero-order chi connectivity index (χ0) is 46.8. The molecule has 5 nitrogen and oxygen atoms in total. The van der Waals surface area contributed by atoms with Crippen LogP contribution in [0.2, 0.25) is 0 Å². The molecule has 4 heterocycles. The van der Waals surface area contributed by atoms with E-state index in [1.165, 1.54) is 22.3 Å². The van der Waals surface area contributed by atoms with Crippen LogP contribution in [0.5, 0.6) is 0 Å². The molecule has 0 fully saturated rings. The quantitative estimate of drug-likeness (QED) is 0.156. The van der Waals surface area contributed by atoms with Gasteiger partial charge in [0.25, 0.3) is 0 Å². The molecule has 0 saturated carbocycles. The van der Waals surface area contributed by atoms with Gasteiger partial charge in [0.05, 0.1) is 22.4 Å². The molecule has 0 spiro atoms. The van der Waals surface area contributed by atoms with Crippen LogP contribution in [0.25, 0.3) is 94.4 Å². The van der Waals surface area contributed by atoms with E-state index in [4.69, 9.17) is 17.9 Å². The fourth-order valence-electron chi connectivity index (χ4n) is 8.86. The molecule has 0 atom stereocenters. The number of rotatable bonds is 6. The molecular weight excluding hydrogens is 975 g/mol. The van der Waals surface area contributed by atoms with E-state index in [1.54, 1.807) is 6.07 Å². The monoisotopic (exact) mass is 1030 g/mol. The molecule has 0 N–H and O–H groups in total. The maximum atomic E-state index is 8.53. The molecule has 11 rings (SSSR count). The third kappa shape index (κ3) is 7.90. The summed E-state index contributed by atoms with van der Waals surface area (Å²) in [5, 5.41) is 3.08. The topological polar surface area (TPSA) is 57.0 Å². The van der Waals surface area contributed by atoms with Crippen molar-refractivity contribution < 1.29 is 33.1 Å². The Labute approximate surface area is 398 Å². The molecule has 0 bridgehead atoms. The minimum Gasteiger partial charge on any atom is -0.497 e. The Hall–Kier alpha value is -6.59. The van der Waals surface area contributed by atoms with Crippen LogP contribution in [0.1, 0.15) is 86.7 Å². The molecular formula is C59H51IrN3O2-2. The van der Waals surface area contributed by atoms with E-state index < -0.39 is 6.85 Å². The standard InChI is InChI=1S/C44H35N2O2.C15H16N.Ir/c1-25(2)34-23-29(28-13-7-6-8-14-28)24-35(26(3)4)40(34)46-37-17-11-10-16-36(37)45-44(46)33-20-19-27(5)39-32-22-21-31-30-15-9-12-18-38(30)47-42(31)43(32)48-41(33)39;1-15(2,3)13-9-10-16-14(11-13)12-7-5-4-6-8-12;/h6-19,21-26H,1-5H3;4-7,9-11H,1-3H3;/q2*-1;/i5D3;;. The Morgan fingerprint density at radius 2 is 1.35 bits per heavy atom. The fraction of sp³-hybridized carbons (Fsp3) is 0.186. The van der Waals surface area contributed by atoms with Crippen LogP contribution < -0.4 is 0 Å². The van der Waals surface area contributed by atoms with Gasteiger partial charge in [0.15, 0.2) is 11.2 Å². The Kier molecular flexibility index (Phi) is 10.7. The Morgan fingerprint density at radius 1 is 0.662 bits per heavy atom. The average Bonchev–Trinajstić information content (AvgIpc) is 4.03. The number of benzene rings is 7. The molecule has 65 heavy (non-hydrogen) atoms. The molecule has 0 aliphatic heterocycles. The second-order valence-corrected chi connectivity index (χ2v) is 18.2. The van der Waals surface area contributed by atoms with Crippen molar-refractivity contribution in [3.63, 3.8) is 0 Å². The minimum atomic E-state index is -2.41. The summed E-state index contributed by atoms with van der Waals surface area (Å²) >= 11 is 0. The fourth-order valence-corrected chi connectivity index (χ4v) is 8.86. The summed E-state index contributed by atoms with van der Waals surface area (Å²) in [5.41, 5.74) is 14.1. The Morgan fingerprint density at radius 3 is 2.08 bits per heavy atom. The molecule has 11 aromatic rings. The van der Waals surface area contributed by atoms with Crippen molar-refractivity contribution in [1.82, 2.24) is 14.5 Å². The van der Waals surface area contributed by atoms with E-state index in [0.29, 0.717) is 38.9 Å². The number of hydrogen-bond donors (Lipinski definition) is 0. The van der Waals surface area contributed by atoms with Crippen molar-refractivity contribution in [1.29, 1.82) is 0 Å². The summed E-state index contributed by atoms with van der Waals surface area (Å²) in [6.07, 6.45) is 1.87. The number of aromatic nitrogens is 3. The van der Waals surface area contributed by atoms with E-state index >= 15 is 0 Å². The summed E-state index contributed by atoms with van der Waals surface area (Å²) in [5.74, 6) is 1.00. The van der Waals surface area contributed by atoms with Gasteiger partial charge in [-0.25, -0.2) is 0 Å². The second kappa shape index (κ2) is 17.4. The average molecular weight is 1030 g/mol. The van der Waals surface area contributed by atoms with Gasteiger partial charge in [0.1, 0.15) is 5.58 Å². The number of nitrogens with zero attached hydrogens (tertiary/aromatic N) is 3. The summed E-state index contributed by atoms with van der Waals surface area (Å²) in [7, 11) is 0. The van der Waals surface area contributed by atoms with Gasteiger partial charge in [0, 0.05) is 52.3 Å². The third-order valence-electron chi connectivity index (χ3n) is 12.2. The summed E-state index contributed by atoms with van der Waals surface area (Å²) < 4.78 is 41.0. The smallest absolute Gasteiger partial charge is 0.177 e. The van der Waals surface area contributed by atoms with E-state index in [2.05, 4.69) is 125 Å². The van der Waals surface area contributed by atoms with Crippen LogP contribution in [0.15, 0.2) is 161 Å². The molecule has 325 valence electrons. The van der Waals surface area contributed by atoms with Crippen molar-refractivity contribution in [3.05, 3.63) is 186 Å². The van der Waals surface area contributed by atoms with Crippen molar-refractivity contribution in [2.75, 3.05) is 0 Å². The summed E-state index contributed by atoms with van der Waals surface area (Å²) in [6.45, 7) is 13.1. The first-order chi connectivity index (χ1) is 32.2. The van der Waals surface area contributed by atoms with Crippen molar-refractivity contribution >= 4 is 54.9 Å². The first kappa shape index (κ1) is 40.0. The first-order valence-corrected chi connectivity index (χ1v) is 22.0. The normalized spacial score (nSPS) is 12.7. The minimum absolute atomic E-state index is 0. The molecule has 0 saturated heterocycles. The number of para-hydroxylation sites is 3. The van der Waals surface area contributed by atoms with Crippen molar-refractivity contribution in [2.24, 2.45) is 0 Å². The number of hydrogen-bond acceptors (Lipinski definition) is 4. The van der Waals surface area contributed by atoms with Crippen LogP contribution in [-0.4, -0.2) is 14.5 Å². The number of fused-ring (bicyclic) bond motifs is 8. The molecule has 0 aliphatic rings. The Bertz CT molecular complexity index is 3590. The second-order valence-electron chi connectivity index (χ2n) is 18.2. The molecule has 0 amide bonds. The van der Waals surface area contributed by atoms with Gasteiger partial charge in [-0.1, -0.05) is 139 Å². The van der Waals surface area contributed by atoms with Gasteiger partial charge in [-0.05, 0) is 93.2 Å². The first-order valence-electron chi connectivity index (χ1n) is 23.5. The van der Waals surface area contributed by atoms with Gasteiger partial charge in [-0.15, -0.1) is 53.6 Å². The van der Waals surface area contributed by atoms with E-state index in [9.17, 15) is 0 Å². The summed E-state index contributed by atoms with van der Waals surface area (Å²) in [6, 6.07) is 55.4. The zero-order valence-electron chi connectivity index (χ0n) is 40.6. The van der Waals surface area contributed by atoms with E-state index in [1.807, 2.05) is 91.1 Å². The van der Waals surface area contributed by atoms with Gasteiger partial charge < -0.3 is 18.4 Å². The van der Waals surface area contributed by atoms with E-state index in [0.717, 1.165) is 49.9 Å². The van der Waals surface area contributed by atoms with E-state index in [-0.39, 0.29) is 42.9 Å². The van der Waals surface area contributed by atoms with Crippen LogP contribution in [0.4, 0.5) is 0 Å². The molecule has 0 aliphatic carbocycles. The maximum Gasteiger partial charge on any atom is 0.177 e. The number of imidazole rings is 1. The number of furan rings is 2. The third-order valence-corrected chi connectivity index (χ3v) is 12.2. The molecule has 1 radical (unpaired) electrons. The van der Waals surface area contributed by atoms with Crippen molar-refractivity contribution in [3.8, 4) is 39.5 Å². The predicted octanol–water partition coefficient (Wildman–Crippen LogP) is 16.4. The van der Waals surface area contributed by atoms with Gasteiger partial charge in [0.2, 0.25) is 0 Å². The summed E-state index contributed by atoms with van der Waals surface area (Å²) in [4.78, 5) is 9.65. The molecule has 6 heteroatoms. The van der Waals surface area contributed by atoms with Crippen molar-refractivity contribution in [2.45, 2.75) is 72.6 Å². The van der Waals surface area contributed by atoms with Crippen LogP contribution in [0.3, 0.4) is 0 Å². The zero-order valence-corrected chi connectivity index (χ0v) is 40.0. The Balaban J connectivity index is 0.000000289. The van der Waals surface area contributed by atoms with Gasteiger partial charge >= 0.3 is 0 Å². The predicted molar refractivity (Wildman–Crippen MR) is 265 cm³/mol. The SMILES string of the molecule is CC(C)(C)c1ccnc(-c2[c-]cccc2)c1.[2H]C([2H])([2H])c1c[c-]c(-c2nc3ccccc3n2-c2c(C(C)C)cc(-c3ccccc3)cc2C(C)C)c2oc3c(ccc4c5ccccc5oc43)c12.[Ir].